The molecule has 1 aromatic carbocycles. The molecule has 0 radical (unpaired) electrons. The molecule has 0 spiro atoms. The van der Waals surface area contributed by atoms with E-state index in [1.165, 1.54) is 0 Å². The van der Waals surface area contributed by atoms with Gasteiger partial charge in [0.1, 0.15) is 0 Å². The smallest absolute Gasteiger partial charge is 0.255 e. The van der Waals surface area contributed by atoms with E-state index in [1.54, 1.807) is 18.2 Å². The van der Waals surface area contributed by atoms with Gasteiger partial charge >= 0.3 is 0 Å². The summed E-state index contributed by atoms with van der Waals surface area (Å²) in [6, 6.07) is 5.39. The number of hydrogen-bond donors (Lipinski definition) is 1. The predicted octanol–water partition coefficient (Wildman–Crippen LogP) is 3.58. The van der Waals surface area contributed by atoms with Crippen LogP contribution in [0.4, 0.5) is 0 Å². The summed E-state index contributed by atoms with van der Waals surface area (Å²) in [7, 11) is 0. The number of nitrogens with zero attached hydrogens (tertiary/aromatic N) is 1. The van der Waals surface area contributed by atoms with Crippen LogP contribution in [0, 0.1) is 5.92 Å². The Bertz CT molecular complexity index is 493. The molecule has 0 bridgehead atoms. The van der Waals surface area contributed by atoms with Crippen molar-refractivity contribution in [3.8, 4) is 0 Å². The van der Waals surface area contributed by atoms with Gasteiger partial charge in [-0.05, 0) is 44.4 Å². The van der Waals surface area contributed by atoms with Crippen LogP contribution >= 0.6 is 23.2 Å². The Morgan fingerprint density at radius 3 is 2.80 bits per heavy atom. The van der Waals surface area contributed by atoms with Gasteiger partial charge in [0.05, 0.1) is 15.6 Å². The largest absolute Gasteiger partial charge is 0.336 e. The Balaban J connectivity index is 2.27. The van der Waals surface area contributed by atoms with Crippen molar-refractivity contribution >= 4 is 29.1 Å². The van der Waals surface area contributed by atoms with Gasteiger partial charge < -0.3 is 10.6 Å². The number of carbonyl (C=O) groups excluding carboxylic acids is 1. The molecule has 1 amide bonds. The van der Waals surface area contributed by atoms with Crippen molar-refractivity contribution < 1.29 is 4.79 Å². The zero-order chi connectivity index (χ0) is 14.7. The lowest BCUT2D eigenvalue weighted by molar-refractivity contribution is 0.0652. The maximum absolute atomic E-state index is 12.7. The predicted molar refractivity (Wildman–Crippen MR) is 83.4 cm³/mol. The fraction of sp³-hybridized carbons (Fsp3) is 0.533. The molecule has 1 fully saturated rings. The van der Waals surface area contributed by atoms with Crippen molar-refractivity contribution in [3.05, 3.63) is 33.8 Å². The fourth-order valence-corrected chi connectivity index (χ4v) is 3.44. The lowest BCUT2D eigenvalue weighted by atomic mass is 10.0. The normalized spacial score (nSPS) is 22.0. The highest BCUT2D eigenvalue weighted by Crippen LogP contribution is 2.32. The maximum atomic E-state index is 12.7. The van der Waals surface area contributed by atoms with Crippen LogP contribution in [-0.2, 0) is 0 Å². The summed E-state index contributed by atoms with van der Waals surface area (Å²) in [5.41, 5.74) is 6.30. The maximum Gasteiger partial charge on any atom is 0.255 e. The highest BCUT2D eigenvalue weighted by molar-refractivity contribution is 6.43. The van der Waals surface area contributed by atoms with Gasteiger partial charge in [-0.2, -0.15) is 0 Å². The Morgan fingerprint density at radius 2 is 2.15 bits per heavy atom. The van der Waals surface area contributed by atoms with Gasteiger partial charge in [0.15, 0.2) is 0 Å². The van der Waals surface area contributed by atoms with Gasteiger partial charge in [0.25, 0.3) is 5.91 Å². The Kier molecular flexibility index (Phi) is 5.30. The third kappa shape index (κ3) is 2.95. The van der Waals surface area contributed by atoms with Crippen molar-refractivity contribution in [2.75, 3.05) is 13.1 Å². The average Bonchev–Trinajstić information content (AvgIpc) is 2.91. The summed E-state index contributed by atoms with van der Waals surface area (Å²) in [5, 5.41) is 0.746. The minimum atomic E-state index is -0.0506. The lowest BCUT2D eigenvalue weighted by Gasteiger charge is -2.32. The van der Waals surface area contributed by atoms with E-state index in [-0.39, 0.29) is 11.9 Å². The Hall–Kier alpha value is -0.770. The molecule has 1 aliphatic rings. The van der Waals surface area contributed by atoms with Gasteiger partial charge in [0.2, 0.25) is 0 Å². The number of nitrogens with two attached hydrogens (primary N) is 1. The SMILES string of the molecule is CCN(C(=O)c1cccc(Cl)c1Cl)C1CCCC1CN. The molecular formula is C15H20Cl2N2O. The molecular weight excluding hydrogens is 295 g/mol. The summed E-state index contributed by atoms with van der Waals surface area (Å²) in [6.45, 7) is 3.27. The minimum Gasteiger partial charge on any atom is -0.336 e. The van der Waals surface area contributed by atoms with E-state index in [1.807, 2.05) is 11.8 Å². The molecule has 2 rings (SSSR count). The van der Waals surface area contributed by atoms with E-state index in [9.17, 15) is 4.79 Å². The van der Waals surface area contributed by atoms with Crippen LogP contribution in [0.25, 0.3) is 0 Å². The van der Waals surface area contributed by atoms with Gasteiger partial charge in [0, 0.05) is 12.6 Å². The zero-order valence-corrected chi connectivity index (χ0v) is 13.1. The van der Waals surface area contributed by atoms with Gasteiger partial charge in [-0.15, -0.1) is 0 Å². The van der Waals surface area contributed by atoms with Gasteiger partial charge in [-0.3, -0.25) is 4.79 Å². The second kappa shape index (κ2) is 6.79. The molecule has 2 N–H and O–H groups in total. The quantitative estimate of drug-likeness (QED) is 0.923. The molecule has 0 aromatic heterocycles. The van der Waals surface area contributed by atoms with E-state index in [0.717, 1.165) is 19.3 Å². The van der Waals surface area contributed by atoms with Crippen molar-refractivity contribution in [2.45, 2.75) is 32.2 Å². The highest BCUT2D eigenvalue weighted by Gasteiger charge is 2.34. The molecule has 0 heterocycles. The van der Waals surface area contributed by atoms with Crippen molar-refractivity contribution in [1.29, 1.82) is 0 Å². The van der Waals surface area contributed by atoms with Gasteiger partial charge in [-0.1, -0.05) is 35.7 Å². The number of amides is 1. The first-order valence-electron chi connectivity index (χ1n) is 7.05. The third-order valence-corrected chi connectivity index (χ3v) is 4.92. The van der Waals surface area contributed by atoms with Crippen LogP contribution in [0.3, 0.4) is 0 Å². The first kappa shape index (κ1) is 15.6. The summed E-state index contributed by atoms with van der Waals surface area (Å²) < 4.78 is 0. The summed E-state index contributed by atoms with van der Waals surface area (Å²) in [4.78, 5) is 14.6. The van der Waals surface area contributed by atoms with Crippen LogP contribution in [0.5, 0.6) is 0 Å². The van der Waals surface area contributed by atoms with E-state index < -0.39 is 0 Å². The summed E-state index contributed by atoms with van der Waals surface area (Å²) in [5.74, 6) is 0.335. The second-order valence-electron chi connectivity index (χ2n) is 5.19. The molecule has 1 aromatic rings. The topological polar surface area (TPSA) is 46.3 Å². The van der Waals surface area contributed by atoms with Gasteiger partial charge in [-0.25, -0.2) is 0 Å². The molecule has 20 heavy (non-hydrogen) atoms. The molecule has 1 aliphatic carbocycles. The number of rotatable bonds is 4. The van der Waals surface area contributed by atoms with E-state index >= 15 is 0 Å². The highest BCUT2D eigenvalue weighted by atomic mass is 35.5. The first-order chi connectivity index (χ1) is 9.60. The Labute approximate surface area is 130 Å². The molecule has 0 saturated heterocycles. The summed E-state index contributed by atoms with van der Waals surface area (Å²) >= 11 is 12.2. The molecule has 2 atom stereocenters. The Morgan fingerprint density at radius 1 is 1.40 bits per heavy atom. The van der Waals surface area contributed by atoms with E-state index in [4.69, 9.17) is 28.9 Å². The zero-order valence-electron chi connectivity index (χ0n) is 11.6. The molecule has 2 unspecified atom stereocenters. The number of carbonyl (C=O) groups is 1. The van der Waals surface area contributed by atoms with Crippen LogP contribution in [-0.4, -0.2) is 29.9 Å². The van der Waals surface area contributed by atoms with Crippen LogP contribution in [0.1, 0.15) is 36.5 Å². The molecule has 1 saturated carbocycles. The average molecular weight is 315 g/mol. The lowest BCUT2D eigenvalue weighted by Crippen LogP contribution is -2.44. The van der Waals surface area contributed by atoms with E-state index in [0.29, 0.717) is 34.6 Å². The fourth-order valence-electron chi connectivity index (χ4n) is 3.05. The number of benzene rings is 1. The van der Waals surface area contributed by atoms with Crippen molar-refractivity contribution in [2.24, 2.45) is 11.7 Å². The van der Waals surface area contributed by atoms with E-state index in [2.05, 4.69) is 0 Å². The van der Waals surface area contributed by atoms with Crippen LogP contribution in [0.15, 0.2) is 18.2 Å². The van der Waals surface area contributed by atoms with Crippen molar-refractivity contribution in [3.63, 3.8) is 0 Å². The molecule has 0 aliphatic heterocycles. The number of halogens is 2. The first-order valence-corrected chi connectivity index (χ1v) is 7.80. The second-order valence-corrected chi connectivity index (χ2v) is 5.97. The number of hydrogen-bond acceptors (Lipinski definition) is 2. The standard InChI is InChI=1S/C15H20Cl2N2O/c1-2-19(13-8-3-5-10(13)9-18)15(20)11-6-4-7-12(16)14(11)17/h4,6-7,10,13H,2-3,5,8-9,18H2,1H3. The molecule has 110 valence electrons. The molecule has 3 nitrogen and oxygen atoms in total. The molecule has 5 heteroatoms. The monoisotopic (exact) mass is 314 g/mol. The summed E-state index contributed by atoms with van der Waals surface area (Å²) in [6.07, 6.45) is 3.23. The third-order valence-electron chi connectivity index (χ3n) is 4.11. The van der Waals surface area contributed by atoms with Crippen molar-refractivity contribution in [1.82, 2.24) is 4.90 Å². The van der Waals surface area contributed by atoms with Crippen LogP contribution < -0.4 is 5.73 Å². The minimum absolute atomic E-state index is 0.0506. The van der Waals surface area contributed by atoms with Crippen LogP contribution in [0.2, 0.25) is 10.0 Å².